The van der Waals surface area contributed by atoms with E-state index < -0.39 is 0 Å². The van der Waals surface area contributed by atoms with Crippen molar-refractivity contribution >= 4 is 0 Å². The highest BCUT2D eigenvalue weighted by molar-refractivity contribution is 5.50. The number of aromatic amines is 1. The molecule has 3 heterocycles. The number of hydrogen-bond acceptors (Lipinski definition) is 4. The average Bonchev–Trinajstić information content (AvgIpc) is 3.10. The molecule has 4 rings (SSSR count). The number of halogens is 1. The first kappa shape index (κ1) is 17.8. The van der Waals surface area contributed by atoms with Gasteiger partial charge in [0, 0.05) is 42.2 Å². The summed E-state index contributed by atoms with van der Waals surface area (Å²) in [5.74, 6) is 1.72. The van der Waals surface area contributed by atoms with Gasteiger partial charge in [0.2, 0.25) is 0 Å². The zero-order valence-electron chi connectivity index (χ0n) is 15.7. The summed E-state index contributed by atoms with van der Waals surface area (Å²) in [6, 6.07) is 9.07. The molecule has 1 aliphatic rings. The van der Waals surface area contributed by atoms with Crippen LogP contribution in [0.3, 0.4) is 0 Å². The minimum atomic E-state index is -0.132. The van der Waals surface area contributed by atoms with Crippen LogP contribution in [0.25, 0.3) is 11.5 Å². The van der Waals surface area contributed by atoms with Gasteiger partial charge < -0.3 is 4.98 Å². The molecule has 0 unspecified atom stereocenters. The number of imidazole rings is 1. The van der Waals surface area contributed by atoms with Crippen molar-refractivity contribution < 1.29 is 4.39 Å². The Balaban J connectivity index is 1.54. The molecule has 5 nitrogen and oxygen atoms in total. The second-order valence-electron chi connectivity index (χ2n) is 7.31. The molecule has 1 saturated heterocycles. The molecule has 3 aromatic rings. The van der Waals surface area contributed by atoms with Crippen LogP contribution in [0, 0.1) is 19.7 Å². The maximum atomic E-state index is 14.0. The van der Waals surface area contributed by atoms with Crippen molar-refractivity contribution in [2.75, 3.05) is 13.1 Å². The third kappa shape index (κ3) is 4.06. The van der Waals surface area contributed by atoms with E-state index in [-0.39, 0.29) is 5.82 Å². The molecule has 0 bridgehead atoms. The molecule has 0 spiro atoms. The molecule has 1 aliphatic heterocycles. The van der Waals surface area contributed by atoms with Crippen LogP contribution in [0.2, 0.25) is 0 Å². The van der Waals surface area contributed by atoms with Crippen LogP contribution in [0.4, 0.5) is 4.39 Å². The molecule has 1 aromatic carbocycles. The van der Waals surface area contributed by atoms with Crippen LogP contribution in [-0.4, -0.2) is 37.9 Å². The van der Waals surface area contributed by atoms with Crippen molar-refractivity contribution in [2.24, 2.45) is 0 Å². The van der Waals surface area contributed by atoms with Gasteiger partial charge >= 0.3 is 0 Å². The fourth-order valence-electron chi connectivity index (χ4n) is 3.77. The number of benzene rings is 1. The number of aromatic nitrogens is 4. The van der Waals surface area contributed by atoms with Gasteiger partial charge in [-0.2, -0.15) is 0 Å². The smallest absolute Gasteiger partial charge is 0.156 e. The lowest BCUT2D eigenvalue weighted by molar-refractivity contribution is 0.196. The maximum Gasteiger partial charge on any atom is 0.156 e. The van der Waals surface area contributed by atoms with Crippen LogP contribution >= 0.6 is 0 Å². The summed E-state index contributed by atoms with van der Waals surface area (Å²) in [6.07, 6.45) is 3.97. The fourth-order valence-corrected chi connectivity index (χ4v) is 3.77. The highest BCUT2D eigenvalue weighted by Crippen LogP contribution is 2.28. The van der Waals surface area contributed by atoms with E-state index in [1.165, 1.54) is 6.07 Å². The van der Waals surface area contributed by atoms with Gasteiger partial charge in [0.15, 0.2) is 5.82 Å². The van der Waals surface area contributed by atoms with Crippen LogP contribution in [-0.2, 0) is 6.54 Å². The summed E-state index contributed by atoms with van der Waals surface area (Å²) < 4.78 is 14.0. The molecular formula is C21H24FN5. The number of nitrogens with zero attached hydrogens (tertiary/aromatic N) is 4. The van der Waals surface area contributed by atoms with E-state index in [1.807, 2.05) is 38.2 Å². The maximum absolute atomic E-state index is 14.0. The van der Waals surface area contributed by atoms with Crippen molar-refractivity contribution in [3.05, 3.63) is 65.1 Å². The largest absolute Gasteiger partial charge is 0.341 e. The Morgan fingerprint density at radius 1 is 1.22 bits per heavy atom. The van der Waals surface area contributed by atoms with E-state index in [0.717, 1.165) is 60.2 Å². The molecule has 0 amide bonds. The Kier molecular flexibility index (Phi) is 4.99. The Morgan fingerprint density at radius 2 is 2.07 bits per heavy atom. The second-order valence-corrected chi connectivity index (χ2v) is 7.31. The average molecular weight is 365 g/mol. The number of hydrogen-bond donors (Lipinski definition) is 1. The Hall–Kier alpha value is -2.60. The lowest BCUT2D eigenvalue weighted by atomic mass is 9.93. The van der Waals surface area contributed by atoms with E-state index >= 15 is 0 Å². The topological polar surface area (TPSA) is 57.7 Å². The third-order valence-corrected chi connectivity index (χ3v) is 5.08. The minimum Gasteiger partial charge on any atom is -0.341 e. The quantitative estimate of drug-likeness (QED) is 0.759. The molecule has 1 N–H and O–H groups in total. The highest BCUT2D eigenvalue weighted by Gasteiger charge is 2.24. The summed E-state index contributed by atoms with van der Waals surface area (Å²) in [7, 11) is 0. The number of aryl methyl sites for hydroxylation is 2. The molecule has 27 heavy (non-hydrogen) atoms. The zero-order chi connectivity index (χ0) is 18.8. The van der Waals surface area contributed by atoms with Crippen LogP contribution in [0.15, 0.2) is 36.5 Å². The molecule has 0 radical (unpaired) electrons. The number of H-pyrrole nitrogens is 1. The van der Waals surface area contributed by atoms with Crippen LogP contribution < -0.4 is 0 Å². The molecule has 0 aliphatic carbocycles. The van der Waals surface area contributed by atoms with Crippen molar-refractivity contribution in [2.45, 2.75) is 39.2 Å². The molecule has 2 aromatic heterocycles. The van der Waals surface area contributed by atoms with E-state index in [2.05, 4.69) is 19.9 Å². The van der Waals surface area contributed by atoms with Crippen molar-refractivity contribution in [1.29, 1.82) is 0 Å². The molecule has 0 saturated carbocycles. The summed E-state index contributed by atoms with van der Waals surface area (Å²) >= 11 is 0. The number of piperidine rings is 1. The summed E-state index contributed by atoms with van der Waals surface area (Å²) in [4.78, 5) is 19.2. The van der Waals surface area contributed by atoms with Gasteiger partial charge in [-0.3, -0.25) is 4.90 Å². The Bertz CT molecular complexity index is 936. The first-order valence-corrected chi connectivity index (χ1v) is 9.42. The van der Waals surface area contributed by atoms with Gasteiger partial charge in [-0.25, -0.2) is 19.3 Å². The summed E-state index contributed by atoms with van der Waals surface area (Å²) in [5, 5.41) is 0. The Morgan fingerprint density at radius 3 is 2.85 bits per heavy atom. The highest BCUT2D eigenvalue weighted by atomic mass is 19.1. The molecule has 6 heteroatoms. The van der Waals surface area contributed by atoms with Crippen LogP contribution in [0.5, 0.6) is 0 Å². The van der Waals surface area contributed by atoms with Crippen molar-refractivity contribution in [3.8, 4) is 11.5 Å². The van der Waals surface area contributed by atoms with Gasteiger partial charge in [-0.1, -0.05) is 18.2 Å². The standard InChI is InChI=1S/C21H24FN5/c1-14-11-23-21(24-14)20-10-19(25-15(2)26-20)17-7-5-9-27(13-17)12-16-6-3-4-8-18(16)22/h3-4,6,8,10-11,17H,5,7,9,12-13H2,1-2H3,(H,23,24)/t17-/m0/s1. The summed E-state index contributed by atoms with van der Waals surface area (Å²) in [5.41, 5.74) is 3.64. The Labute approximate surface area is 158 Å². The predicted octanol–water partition coefficient (Wildman–Crippen LogP) is 4.00. The van der Waals surface area contributed by atoms with Crippen LogP contribution in [0.1, 0.15) is 41.5 Å². The fraction of sp³-hybridized carbons (Fsp3) is 0.381. The normalized spacial score (nSPS) is 18.0. The number of rotatable bonds is 4. The lowest BCUT2D eigenvalue weighted by Gasteiger charge is -2.32. The van der Waals surface area contributed by atoms with Crippen molar-refractivity contribution in [3.63, 3.8) is 0 Å². The molecule has 1 fully saturated rings. The number of nitrogens with one attached hydrogen (secondary N) is 1. The van der Waals surface area contributed by atoms with E-state index in [0.29, 0.717) is 12.5 Å². The minimum absolute atomic E-state index is 0.132. The first-order valence-electron chi connectivity index (χ1n) is 9.42. The number of likely N-dealkylation sites (tertiary alicyclic amines) is 1. The predicted molar refractivity (Wildman–Crippen MR) is 103 cm³/mol. The zero-order valence-corrected chi connectivity index (χ0v) is 15.7. The van der Waals surface area contributed by atoms with Gasteiger partial charge in [0.25, 0.3) is 0 Å². The van der Waals surface area contributed by atoms with Gasteiger partial charge in [-0.05, 0) is 45.4 Å². The lowest BCUT2D eigenvalue weighted by Crippen LogP contribution is -2.34. The second kappa shape index (κ2) is 7.56. The van der Waals surface area contributed by atoms with E-state index in [9.17, 15) is 4.39 Å². The summed E-state index contributed by atoms with van der Waals surface area (Å²) in [6.45, 7) is 6.40. The first-order chi connectivity index (χ1) is 13.1. The molecule has 140 valence electrons. The van der Waals surface area contributed by atoms with Crippen molar-refractivity contribution in [1.82, 2.24) is 24.8 Å². The van der Waals surface area contributed by atoms with E-state index in [1.54, 1.807) is 6.07 Å². The van der Waals surface area contributed by atoms with Gasteiger partial charge in [0.05, 0.1) is 0 Å². The van der Waals surface area contributed by atoms with E-state index in [4.69, 9.17) is 4.98 Å². The molecular weight excluding hydrogens is 341 g/mol. The monoisotopic (exact) mass is 365 g/mol. The third-order valence-electron chi connectivity index (χ3n) is 5.08. The SMILES string of the molecule is Cc1nc(-c2ncc(C)[nH]2)cc([C@H]2CCCN(Cc3ccccc3F)C2)n1. The molecule has 1 atom stereocenters. The van der Waals surface area contributed by atoms with Gasteiger partial charge in [0.1, 0.15) is 17.3 Å². The van der Waals surface area contributed by atoms with Gasteiger partial charge in [-0.15, -0.1) is 0 Å².